The molecule has 0 spiro atoms. The van der Waals surface area contributed by atoms with E-state index in [0.29, 0.717) is 5.95 Å². The van der Waals surface area contributed by atoms with Crippen LogP contribution in [0.4, 0.5) is 11.1 Å². The molecule has 0 saturated heterocycles. The summed E-state index contributed by atoms with van der Waals surface area (Å²) in [5.74, 6) is 0.538. The summed E-state index contributed by atoms with van der Waals surface area (Å²) in [6.07, 6.45) is 3.54. The Kier molecular flexibility index (Phi) is 3.05. The zero-order chi connectivity index (χ0) is 14.9. The minimum Gasteiger partial charge on any atom is -0.300 e. The summed E-state index contributed by atoms with van der Waals surface area (Å²) in [6, 6.07) is 7.96. The van der Waals surface area contributed by atoms with Gasteiger partial charge in [0.05, 0.1) is 23.1 Å². The maximum absolute atomic E-state index is 4.55. The Morgan fingerprint density at radius 2 is 2.14 bits per heavy atom. The maximum Gasteiger partial charge on any atom is 0.229 e. The molecule has 0 bridgehead atoms. The number of H-pyrrole nitrogens is 1. The monoisotopic (exact) mass is 308 g/mol. The van der Waals surface area contributed by atoms with E-state index in [4.69, 9.17) is 0 Å². The van der Waals surface area contributed by atoms with Gasteiger partial charge in [0.2, 0.25) is 5.95 Å². The van der Waals surface area contributed by atoms with E-state index in [0.717, 1.165) is 33.0 Å². The Morgan fingerprint density at radius 1 is 1.18 bits per heavy atom. The molecule has 0 atom stereocenters. The van der Waals surface area contributed by atoms with Crippen molar-refractivity contribution in [2.75, 3.05) is 5.32 Å². The second kappa shape index (κ2) is 5.19. The molecule has 0 aliphatic rings. The summed E-state index contributed by atoms with van der Waals surface area (Å²) in [7, 11) is 0. The van der Waals surface area contributed by atoms with Crippen molar-refractivity contribution in [2.24, 2.45) is 0 Å². The van der Waals surface area contributed by atoms with Crippen LogP contribution in [0, 0.1) is 6.92 Å². The Hall–Kier alpha value is -2.80. The highest BCUT2D eigenvalue weighted by atomic mass is 32.1. The summed E-state index contributed by atoms with van der Waals surface area (Å²) in [5.41, 5.74) is 3.83. The van der Waals surface area contributed by atoms with Crippen LogP contribution in [0.25, 0.3) is 22.2 Å². The Labute approximate surface area is 130 Å². The minimum atomic E-state index is 0.538. The topological polar surface area (TPSA) is 79.4 Å². The number of nitrogens with one attached hydrogen (secondary N) is 2. The van der Waals surface area contributed by atoms with Crippen molar-refractivity contribution < 1.29 is 0 Å². The van der Waals surface area contributed by atoms with E-state index in [1.807, 2.05) is 36.6 Å². The Morgan fingerprint density at radius 3 is 3.00 bits per heavy atom. The highest BCUT2D eigenvalue weighted by Crippen LogP contribution is 2.23. The van der Waals surface area contributed by atoms with Crippen LogP contribution in [0.5, 0.6) is 0 Å². The van der Waals surface area contributed by atoms with Crippen molar-refractivity contribution in [3.63, 3.8) is 0 Å². The molecule has 0 fully saturated rings. The summed E-state index contributed by atoms with van der Waals surface area (Å²) in [5, 5.41) is 14.0. The molecule has 6 nitrogen and oxygen atoms in total. The Balaban J connectivity index is 1.68. The molecule has 4 rings (SSSR count). The lowest BCUT2D eigenvalue weighted by Crippen LogP contribution is -1.97. The molecule has 3 heterocycles. The zero-order valence-corrected chi connectivity index (χ0v) is 12.6. The number of hydrogen-bond acceptors (Lipinski definition) is 6. The number of aromatic amines is 1. The normalized spacial score (nSPS) is 11.0. The molecule has 0 saturated carbocycles. The fourth-order valence-corrected chi connectivity index (χ4v) is 2.86. The molecule has 0 aliphatic heterocycles. The van der Waals surface area contributed by atoms with Gasteiger partial charge in [-0.05, 0) is 19.1 Å². The van der Waals surface area contributed by atoms with Gasteiger partial charge in [0.1, 0.15) is 0 Å². The second-order valence-electron chi connectivity index (χ2n) is 4.86. The largest absolute Gasteiger partial charge is 0.300 e. The van der Waals surface area contributed by atoms with Crippen LogP contribution in [-0.4, -0.2) is 25.1 Å². The number of nitrogens with zero attached hydrogens (tertiary/aromatic N) is 4. The van der Waals surface area contributed by atoms with Crippen LogP contribution in [-0.2, 0) is 0 Å². The molecule has 0 aliphatic carbocycles. The minimum absolute atomic E-state index is 0.538. The summed E-state index contributed by atoms with van der Waals surface area (Å²) >= 11 is 1.53. The third-order valence-corrected chi connectivity index (χ3v) is 4.11. The number of thiazole rings is 1. The predicted molar refractivity (Wildman–Crippen MR) is 87.3 cm³/mol. The number of hydrogen-bond donors (Lipinski definition) is 2. The fraction of sp³-hybridized carbons (Fsp3) is 0.0667. The third kappa shape index (κ3) is 2.42. The van der Waals surface area contributed by atoms with Crippen LogP contribution in [0.1, 0.15) is 5.69 Å². The van der Waals surface area contributed by atoms with Gasteiger partial charge in [-0.1, -0.05) is 12.1 Å². The van der Waals surface area contributed by atoms with Crippen molar-refractivity contribution in [3.05, 3.63) is 47.7 Å². The SMILES string of the molecule is Cc1csc(Nc2nccc(-c3ccc4cn[nH]c4c3)n2)n1. The first-order valence-electron chi connectivity index (χ1n) is 6.74. The number of fused-ring (bicyclic) bond motifs is 1. The number of anilines is 2. The van der Waals surface area contributed by atoms with Gasteiger partial charge in [-0.25, -0.2) is 15.0 Å². The average molecular weight is 308 g/mol. The standard InChI is InChI=1S/C15H12N6S/c1-9-8-22-15(18-9)20-14-16-5-4-12(19-14)10-2-3-11-7-17-21-13(11)6-10/h2-8H,1H3,(H,17,21)(H,16,18,19,20). The third-order valence-electron chi connectivity index (χ3n) is 3.23. The fourth-order valence-electron chi connectivity index (χ4n) is 2.18. The molecule has 0 amide bonds. The average Bonchev–Trinajstić information content (AvgIpc) is 3.15. The zero-order valence-electron chi connectivity index (χ0n) is 11.7. The van der Waals surface area contributed by atoms with Gasteiger partial charge in [0, 0.05) is 22.5 Å². The highest BCUT2D eigenvalue weighted by molar-refractivity contribution is 7.13. The molecule has 2 N–H and O–H groups in total. The van der Waals surface area contributed by atoms with Crippen LogP contribution in [0.15, 0.2) is 42.0 Å². The molecule has 4 aromatic rings. The van der Waals surface area contributed by atoms with Crippen molar-refractivity contribution in [2.45, 2.75) is 6.92 Å². The lowest BCUT2D eigenvalue weighted by Gasteiger charge is -2.04. The van der Waals surface area contributed by atoms with Gasteiger partial charge >= 0.3 is 0 Å². The van der Waals surface area contributed by atoms with Gasteiger partial charge in [-0.15, -0.1) is 11.3 Å². The van der Waals surface area contributed by atoms with Crippen LogP contribution in [0.3, 0.4) is 0 Å². The van der Waals surface area contributed by atoms with E-state index in [2.05, 4.69) is 30.5 Å². The Bertz CT molecular complexity index is 942. The van der Waals surface area contributed by atoms with Gasteiger partial charge in [0.15, 0.2) is 5.13 Å². The lowest BCUT2D eigenvalue weighted by molar-refractivity contribution is 1.12. The van der Waals surface area contributed by atoms with Crippen molar-refractivity contribution >= 4 is 33.3 Å². The number of aromatic nitrogens is 5. The van der Waals surface area contributed by atoms with Crippen molar-refractivity contribution in [1.29, 1.82) is 0 Å². The first kappa shape index (κ1) is 12.9. The summed E-state index contributed by atoms with van der Waals surface area (Å²) in [6.45, 7) is 1.96. The quantitative estimate of drug-likeness (QED) is 0.605. The van der Waals surface area contributed by atoms with Gasteiger partial charge < -0.3 is 5.32 Å². The lowest BCUT2D eigenvalue weighted by atomic mass is 10.1. The molecule has 0 radical (unpaired) electrons. The van der Waals surface area contributed by atoms with Crippen LogP contribution >= 0.6 is 11.3 Å². The van der Waals surface area contributed by atoms with E-state index in [-0.39, 0.29) is 0 Å². The number of rotatable bonds is 3. The predicted octanol–water partition coefficient (Wildman–Crippen LogP) is 3.53. The van der Waals surface area contributed by atoms with Crippen molar-refractivity contribution in [3.8, 4) is 11.3 Å². The van der Waals surface area contributed by atoms with E-state index in [1.54, 1.807) is 12.4 Å². The molecule has 0 unspecified atom stereocenters. The van der Waals surface area contributed by atoms with E-state index in [1.165, 1.54) is 11.3 Å². The number of benzene rings is 1. The van der Waals surface area contributed by atoms with E-state index >= 15 is 0 Å². The molecule has 3 aromatic heterocycles. The first-order valence-corrected chi connectivity index (χ1v) is 7.61. The van der Waals surface area contributed by atoms with Crippen LogP contribution < -0.4 is 5.32 Å². The van der Waals surface area contributed by atoms with Crippen molar-refractivity contribution in [1.82, 2.24) is 25.1 Å². The number of aryl methyl sites for hydroxylation is 1. The summed E-state index contributed by atoms with van der Waals surface area (Å²) < 4.78 is 0. The smallest absolute Gasteiger partial charge is 0.229 e. The molecule has 1 aromatic carbocycles. The second-order valence-corrected chi connectivity index (χ2v) is 5.71. The molecular formula is C15H12N6S. The molecule has 7 heteroatoms. The van der Waals surface area contributed by atoms with Gasteiger partial charge in [-0.3, -0.25) is 5.10 Å². The molecular weight excluding hydrogens is 296 g/mol. The van der Waals surface area contributed by atoms with Gasteiger partial charge in [-0.2, -0.15) is 5.10 Å². The first-order chi connectivity index (χ1) is 10.8. The van der Waals surface area contributed by atoms with E-state index < -0.39 is 0 Å². The molecule has 22 heavy (non-hydrogen) atoms. The van der Waals surface area contributed by atoms with Gasteiger partial charge in [0.25, 0.3) is 0 Å². The highest BCUT2D eigenvalue weighted by Gasteiger charge is 2.06. The molecule has 108 valence electrons. The van der Waals surface area contributed by atoms with E-state index in [9.17, 15) is 0 Å². The summed E-state index contributed by atoms with van der Waals surface area (Å²) in [4.78, 5) is 13.2. The maximum atomic E-state index is 4.55. The van der Waals surface area contributed by atoms with Crippen LogP contribution in [0.2, 0.25) is 0 Å².